The fourth-order valence-electron chi connectivity index (χ4n) is 2.67. The zero-order valence-corrected chi connectivity index (χ0v) is 13.4. The van der Waals surface area contributed by atoms with Crippen LogP contribution in [0, 0.1) is 5.92 Å². The predicted molar refractivity (Wildman–Crippen MR) is 87.1 cm³/mol. The maximum Gasteiger partial charge on any atom is 0.0366 e. The van der Waals surface area contributed by atoms with Gasteiger partial charge in [0.1, 0.15) is 0 Å². The van der Waals surface area contributed by atoms with E-state index in [1.165, 1.54) is 43.6 Å². The summed E-state index contributed by atoms with van der Waals surface area (Å²) in [5, 5.41) is 0. The van der Waals surface area contributed by atoms with Gasteiger partial charge in [0.2, 0.25) is 0 Å². The maximum absolute atomic E-state index is 2.54. The number of benzene rings is 1. The van der Waals surface area contributed by atoms with Crippen molar-refractivity contribution in [3.8, 4) is 0 Å². The number of hydrogen-bond donors (Lipinski definition) is 0. The van der Waals surface area contributed by atoms with Crippen molar-refractivity contribution in [3.63, 3.8) is 0 Å². The van der Waals surface area contributed by atoms with Crippen LogP contribution in [-0.2, 0) is 0 Å². The molecule has 0 radical (unpaired) electrons. The fourth-order valence-corrected chi connectivity index (χ4v) is 2.67. The molecule has 0 bridgehead atoms. The summed E-state index contributed by atoms with van der Waals surface area (Å²) in [6.45, 7) is 13.3. The molecule has 1 heterocycles. The van der Waals surface area contributed by atoms with Crippen LogP contribution in [0.2, 0.25) is 0 Å². The Hall–Kier alpha value is -0.980. The van der Waals surface area contributed by atoms with Crippen LogP contribution in [-0.4, -0.2) is 13.1 Å². The van der Waals surface area contributed by atoms with Crippen LogP contribution >= 0.6 is 0 Å². The maximum atomic E-state index is 2.54. The van der Waals surface area contributed by atoms with Gasteiger partial charge < -0.3 is 4.90 Å². The predicted octanol–water partition coefficient (Wildman–Crippen LogP) is 5.46. The van der Waals surface area contributed by atoms with Gasteiger partial charge in [-0.05, 0) is 42.4 Å². The van der Waals surface area contributed by atoms with E-state index in [4.69, 9.17) is 0 Å². The lowest BCUT2D eigenvalue weighted by Crippen LogP contribution is -2.33. The summed E-state index contributed by atoms with van der Waals surface area (Å²) in [5.74, 6) is 1.59. The van der Waals surface area contributed by atoms with Gasteiger partial charge in [0.25, 0.3) is 0 Å². The zero-order chi connectivity index (χ0) is 14.3. The van der Waals surface area contributed by atoms with Crippen molar-refractivity contribution in [2.45, 2.75) is 59.8 Å². The number of piperidine rings is 1. The summed E-state index contributed by atoms with van der Waals surface area (Å²) in [6.07, 6.45) is 4.07. The first-order chi connectivity index (χ1) is 9.20. The monoisotopic (exact) mass is 261 g/mol. The highest BCUT2D eigenvalue weighted by molar-refractivity contribution is 5.48. The Bertz CT molecular complexity index is 331. The molecular weight excluding hydrogens is 230 g/mol. The molecule has 0 saturated carbocycles. The molecule has 0 amide bonds. The number of anilines is 1. The van der Waals surface area contributed by atoms with E-state index in [2.05, 4.69) is 49.9 Å². The SMILES string of the molecule is CC.CCC1CCN(c2ccc(C(C)C)cc2)CC1. The molecule has 0 spiro atoms. The molecule has 2 rings (SSSR count). The van der Waals surface area contributed by atoms with Crippen LogP contribution in [0.1, 0.15) is 65.4 Å². The van der Waals surface area contributed by atoms with Crippen LogP contribution in [0.15, 0.2) is 24.3 Å². The highest BCUT2D eigenvalue weighted by atomic mass is 15.1. The van der Waals surface area contributed by atoms with Gasteiger partial charge in [-0.1, -0.05) is 53.2 Å². The lowest BCUT2D eigenvalue weighted by atomic mass is 9.94. The van der Waals surface area contributed by atoms with E-state index in [1.807, 2.05) is 13.8 Å². The van der Waals surface area contributed by atoms with Crippen LogP contribution in [0.3, 0.4) is 0 Å². The smallest absolute Gasteiger partial charge is 0.0366 e. The lowest BCUT2D eigenvalue weighted by molar-refractivity contribution is 0.395. The molecule has 0 N–H and O–H groups in total. The molecule has 1 saturated heterocycles. The van der Waals surface area contributed by atoms with Crippen molar-refractivity contribution in [1.29, 1.82) is 0 Å². The molecule has 0 aliphatic carbocycles. The van der Waals surface area contributed by atoms with Crippen LogP contribution in [0.25, 0.3) is 0 Å². The van der Waals surface area contributed by atoms with Gasteiger partial charge in [0.05, 0.1) is 0 Å². The van der Waals surface area contributed by atoms with E-state index in [9.17, 15) is 0 Å². The summed E-state index contributed by atoms with van der Waals surface area (Å²) in [6, 6.07) is 9.15. The van der Waals surface area contributed by atoms with Crippen molar-refractivity contribution in [1.82, 2.24) is 0 Å². The molecule has 1 aliphatic heterocycles. The van der Waals surface area contributed by atoms with Crippen LogP contribution in [0.5, 0.6) is 0 Å². The molecule has 1 aliphatic rings. The molecule has 19 heavy (non-hydrogen) atoms. The van der Waals surface area contributed by atoms with Gasteiger partial charge in [0, 0.05) is 18.8 Å². The number of rotatable bonds is 3. The third kappa shape index (κ3) is 4.56. The van der Waals surface area contributed by atoms with Crippen molar-refractivity contribution in [2.75, 3.05) is 18.0 Å². The number of hydrogen-bond acceptors (Lipinski definition) is 1. The summed E-state index contributed by atoms with van der Waals surface area (Å²) in [7, 11) is 0. The van der Waals surface area contributed by atoms with Crippen molar-refractivity contribution in [3.05, 3.63) is 29.8 Å². The largest absolute Gasteiger partial charge is 0.372 e. The average Bonchev–Trinajstić information content (AvgIpc) is 2.49. The summed E-state index contributed by atoms with van der Waals surface area (Å²) < 4.78 is 0. The zero-order valence-electron chi connectivity index (χ0n) is 13.4. The molecule has 0 unspecified atom stereocenters. The van der Waals surface area contributed by atoms with E-state index < -0.39 is 0 Å². The van der Waals surface area contributed by atoms with E-state index in [0.717, 1.165) is 5.92 Å². The van der Waals surface area contributed by atoms with E-state index >= 15 is 0 Å². The van der Waals surface area contributed by atoms with Gasteiger partial charge in [-0.25, -0.2) is 0 Å². The number of nitrogens with zero attached hydrogens (tertiary/aromatic N) is 1. The molecule has 1 nitrogen and oxygen atoms in total. The Labute approximate surface area is 120 Å². The molecular formula is C18H31N. The Morgan fingerprint density at radius 1 is 1.05 bits per heavy atom. The van der Waals surface area contributed by atoms with Crippen molar-refractivity contribution >= 4 is 5.69 Å². The molecule has 0 aromatic heterocycles. The second kappa shape index (κ2) is 8.24. The minimum Gasteiger partial charge on any atom is -0.372 e. The second-order valence-electron chi connectivity index (χ2n) is 5.58. The minimum atomic E-state index is 0.634. The Morgan fingerprint density at radius 3 is 2.00 bits per heavy atom. The first-order valence-electron chi connectivity index (χ1n) is 8.05. The Morgan fingerprint density at radius 2 is 1.58 bits per heavy atom. The van der Waals surface area contributed by atoms with E-state index in [0.29, 0.717) is 5.92 Å². The molecule has 1 aromatic rings. The third-order valence-electron chi connectivity index (χ3n) is 4.12. The fraction of sp³-hybridized carbons (Fsp3) is 0.667. The standard InChI is InChI=1S/C16H25N.C2H6/c1-4-14-9-11-17(12-10-14)16-7-5-15(6-8-16)13(2)3;1-2/h5-8,13-14H,4,9-12H2,1-3H3;1-2H3. The Kier molecular flexibility index (Phi) is 6.97. The summed E-state index contributed by atoms with van der Waals surface area (Å²) in [4.78, 5) is 2.54. The van der Waals surface area contributed by atoms with Gasteiger partial charge in [0.15, 0.2) is 0 Å². The molecule has 1 heteroatoms. The summed E-state index contributed by atoms with van der Waals surface area (Å²) >= 11 is 0. The minimum absolute atomic E-state index is 0.634. The van der Waals surface area contributed by atoms with Crippen LogP contribution < -0.4 is 4.90 Å². The molecule has 108 valence electrons. The summed E-state index contributed by atoms with van der Waals surface area (Å²) in [5.41, 5.74) is 2.85. The second-order valence-corrected chi connectivity index (χ2v) is 5.58. The van der Waals surface area contributed by atoms with Gasteiger partial charge >= 0.3 is 0 Å². The van der Waals surface area contributed by atoms with Crippen molar-refractivity contribution < 1.29 is 0 Å². The third-order valence-corrected chi connectivity index (χ3v) is 4.12. The van der Waals surface area contributed by atoms with Gasteiger partial charge in [-0.2, -0.15) is 0 Å². The Balaban J connectivity index is 0.000000861. The molecule has 1 fully saturated rings. The van der Waals surface area contributed by atoms with E-state index in [1.54, 1.807) is 0 Å². The van der Waals surface area contributed by atoms with E-state index in [-0.39, 0.29) is 0 Å². The molecule has 0 atom stereocenters. The first-order valence-corrected chi connectivity index (χ1v) is 8.05. The quantitative estimate of drug-likeness (QED) is 0.698. The average molecular weight is 261 g/mol. The lowest BCUT2D eigenvalue weighted by Gasteiger charge is -2.33. The molecule has 1 aromatic carbocycles. The topological polar surface area (TPSA) is 3.24 Å². The van der Waals surface area contributed by atoms with Crippen LogP contribution in [0.4, 0.5) is 5.69 Å². The first kappa shape index (κ1) is 16.1. The van der Waals surface area contributed by atoms with Gasteiger partial charge in [-0.15, -0.1) is 0 Å². The van der Waals surface area contributed by atoms with Crippen molar-refractivity contribution in [2.24, 2.45) is 5.92 Å². The highest BCUT2D eigenvalue weighted by Crippen LogP contribution is 2.26. The highest BCUT2D eigenvalue weighted by Gasteiger charge is 2.17. The normalized spacial score (nSPS) is 16.2. The van der Waals surface area contributed by atoms with Gasteiger partial charge in [-0.3, -0.25) is 0 Å².